The van der Waals surface area contributed by atoms with E-state index >= 15 is 0 Å². The summed E-state index contributed by atoms with van der Waals surface area (Å²) >= 11 is 9.36. The molecule has 2 aromatic rings. The van der Waals surface area contributed by atoms with Crippen molar-refractivity contribution in [3.8, 4) is 0 Å². The van der Waals surface area contributed by atoms with Gasteiger partial charge >= 0.3 is 0 Å². The molecule has 0 N–H and O–H groups in total. The Labute approximate surface area is 188 Å². The summed E-state index contributed by atoms with van der Waals surface area (Å²) in [6, 6.07) is 13.9. The predicted octanol–water partition coefficient (Wildman–Crippen LogP) is 5.00. The van der Waals surface area contributed by atoms with Crippen LogP contribution in [0.5, 0.6) is 0 Å². The zero-order valence-corrected chi connectivity index (χ0v) is 18.7. The van der Waals surface area contributed by atoms with Crippen LogP contribution in [0.3, 0.4) is 0 Å². The van der Waals surface area contributed by atoms with Crippen molar-refractivity contribution in [1.82, 2.24) is 10.0 Å². The molecule has 0 unspecified atom stereocenters. The van der Waals surface area contributed by atoms with Crippen LogP contribution in [0.2, 0.25) is 5.02 Å². The number of rotatable bonds is 4. The molecule has 7 heteroatoms. The minimum Gasteiger partial charge on any atom is -0.272 e. The van der Waals surface area contributed by atoms with Crippen LogP contribution < -0.4 is 0 Å². The van der Waals surface area contributed by atoms with Crippen LogP contribution in [0.15, 0.2) is 64.7 Å². The van der Waals surface area contributed by atoms with Crippen molar-refractivity contribution >= 4 is 45.3 Å². The first-order valence-corrected chi connectivity index (χ1v) is 10.9. The van der Waals surface area contributed by atoms with E-state index in [1.807, 2.05) is 37.3 Å². The van der Waals surface area contributed by atoms with Gasteiger partial charge in [0.2, 0.25) is 0 Å². The highest BCUT2D eigenvalue weighted by atomic mass is 79.9. The van der Waals surface area contributed by atoms with Gasteiger partial charge in [-0.3, -0.25) is 14.4 Å². The van der Waals surface area contributed by atoms with Gasteiger partial charge in [0.1, 0.15) is 0 Å². The van der Waals surface area contributed by atoms with E-state index < -0.39 is 17.7 Å². The van der Waals surface area contributed by atoms with Crippen molar-refractivity contribution in [1.29, 1.82) is 0 Å². The van der Waals surface area contributed by atoms with Gasteiger partial charge in [-0.25, -0.2) is 5.01 Å². The Hall–Kier alpha value is -2.44. The lowest BCUT2D eigenvalue weighted by Crippen LogP contribution is -2.49. The topological polar surface area (TPSA) is 57.7 Å². The molecule has 154 valence electrons. The summed E-state index contributed by atoms with van der Waals surface area (Å²) in [6.45, 7) is 2.08. The Balaban J connectivity index is 1.70. The summed E-state index contributed by atoms with van der Waals surface area (Å²) in [7, 11) is 0. The van der Waals surface area contributed by atoms with Crippen molar-refractivity contribution in [3.05, 3.63) is 80.8 Å². The molecular formula is C23H20BrClN2O3. The van der Waals surface area contributed by atoms with Crippen LogP contribution in [-0.4, -0.2) is 27.7 Å². The van der Waals surface area contributed by atoms with Gasteiger partial charge in [-0.15, -0.1) is 0 Å². The molecule has 30 heavy (non-hydrogen) atoms. The number of hydrogen-bond acceptors (Lipinski definition) is 3. The quantitative estimate of drug-likeness (QED) is 0.450. The molecule has 2 atom stereocenters. The molecule has 2 aromatic carbocycles. The molecule has 2 aliphatic rings. The summed E-state index contributed by atoms with van der Waals surface area (Å²) in [4.78, 5) is 39.8. The van der Waals surface area contributed by atoms with E-state index in [1.54, 1.807) is 24.3 Å². The van der Waals surface area contributed by atoms with E-state index in [-0.39, 0.29) is 18.4 Å². The number of nitrogens with zero attached hydrogens (tertiary/aromatic N) is 2. The highest BCUT2D eigenvalue weighted by Crippen LogP contribution is 2.39. The lowest BCUT2D eigenvalue weighted by molar-refractivity contribution is -0.155. The Morgan fingerprint density at radius 3 is 2.37 bits per heavy atom. The molecule has 1 saturated heterocycles. The number of carbonyl (C=O) groups is 3. The van der Waals surface area contributed by atoms with E-state index in [1.165, 1.54) is 5.01 Å². The third-order valence-corrected chi connectivity index (χ3v) is 6.39. The number of amides is 3. The Kier molecular flexibility index (Phi) is 5.80. The predicted molar refractivity (Wildman–Crippen MR) is 117 cm³/mol. The minimum absolute atomic E-state index is 0.109. The number of hydrazine groups is 1. The van der Waals surface area contributed by atoms with Crippen LogP contribution in [0.1, 0.15) is 35.7 Å². The first kappa shape index (κ1) is 20.8. The summed E-state index contributed by atoms with van der Waals surface area (Å²) in [5.41, 5.74) is 2.27. The average molecular weight is 488 g/mol. The standard InChI is InChI=1S/C23H20BrClN2O3/c1-14-2-11-19-20(12-14)23(30)27(22(19)29)26(13-15-3-7-17(24)8-4-15)21(28)16-5-9-18(25)10-6-16/h2-10,19-20H,11-13H2,1H3/t19-,20-/m0/s1. The van der Waals surface area contributed by atoms with Crippen molar-refractivity contribution in [2.45, 2.75) is 26.3 Å². The zero-order valence-electron chi connectivity index (χ0n) is 16.3. The van der Waals surface area contributed by atoms with Gasteiger partial charge < -0.3 is 0 Å². The van der Waals surface area contributed by atoms with Crippen LogP contribution in [0.4, 0.5) is 0 Å². The lowest BCUT2D eigenvalue weighted by atomic mass is 9.82. The van der Waals surface area contributed by atoms with E-state index in [4.69, 9.17) is 11.6 Å². The highest BCUT2D eigenvalue weighted by Gasteiger charge is 2.51. The smallest absolute Gasteiger partial charge is 0.272 e. The first-order valence-electron chi connectivity index (χ1n) is 9.70. The molecule has 4 rings (SSSR count). The number of halogens is 2. The maximum Gasteiger partial charge on any atom is 0.273 e. The van der Waals surface area contributed by atoms with Crippen LogP contribution in [0.25, 0.3) is 0 Å². The molecule has 1 aliphatic carbocycles. The molecule has 5 nitrogen and oxygen atoms in total. The number of allylic oxidation sites excluding steroid dienone is 2. The Morgan fingerprint density at radius 2 is 1.70 bits per heavy atom. The van der Waals surface area contributed by atoms with Crippen LogP contribution in [0, 0.1) is 11.8 Å². The number of hydrogen-bond donors (Lipinski definition) is 0. The SMILES string of the molecule is CC1=CC[C@@H]2C(=O)N(N(Cc3ccc(Br)cc3)C(=O)c3ccc(Cl)cc3)C(=O)[C@H]2C1. The molecule has 0 bridgehead atoms. The molecular weight excluding hydrogens is 468 g/mol. The minimum atomic E-state index is -0.417. The van der Waals surface area contributed by atoms with Gasteiger partial charge in [-0.1, -0.05) is 51.3 Å². The monoisotopic (exact) mass is 486 g/mol. The summed E-state index contributed by atoms with van der Waals surface area (Å²) in [6.07, 6.45) is 3.09. The average Bonchev–Trinajstić information content (AvgIpc) is 2.97. The Bertz CT molecular complexity index is 1030. The maximum atomic E-state index is 13.4. The van der Waals surface area contributed by atoms with Gasteiger partial charge in [-0.2, -0.15) is 5.01 Å². The number of imide groups is 1. The fourth-order valence-electron chi connectivity index (χ4n) is 4.00. The molecule has 3 amide bonds. The number of fused-ring (bicyclic) bond motifs is 1. The summed E-state index contributed by atoms with van der Waals surface area (Å²) in [5, 5.41) is 2.85. The summed E-state index contributed by atoms with van der Waals surface area (Å²) in [5.74, 6) is -1.86. The van der Waals surface area contributed by atoms with Gasteiger partial charge in [0, 0.05) is 15.1 Å². The number of benzene rings is 2. The molecule has 1 aliphatic heterocycles. The van der Waals surface area contributed by atoms with E-state index in [9.17, 15) is 14.4 Å². The van der Waals surface area contributed by atoms with Crippen LogP contribution >= 0.6 is 27.5 Å². The maximum absolute atomic E-state index is 13.4. The van der Waals surface area contributed by atoms with E-state index in [2.05, 4.69) is 15.9 Å². The lowest BCUT2D eigenvalue weighted by Gasteiger charge is -2.30. The Morgan fingerprint density at radius 1 is 1.07 bits per heavy atom. The van der Waals surface area contributed by atoms with Gasteiger partial charge in [0.25, 0.3) is 17.7 Å². The third kappa shape index (κ3) is 3.94. The molecule has 1 fully saturated rings. The zero-order chi connectivity index (χ0) is 21.4. The van der Waals surface area contributed by atoms with Crippen molar-refractivity contribution in [2.24, 2.45) is 11.8 Å². The van der Waals surface area contributed by atoms with E-state index in [0.717, 1.165) is 20.6 Å². The van der Waals surface area contributed by atoms with Crippen molar-refractivity contribution in [2.75, 3.05) is 0 Å². The molecule has 0 aromatic heterocycles. The normalized spacial score (nSPS) is 20.8. The van der Waals surface area contributed by atoms with Gasteiger partial charge in [-0.05, 0) is 61.7 Å². The van der Waals surface area contributed by atoms with Crippen molar-refractivity contribution in [3.63, 3.8) is 0 Å². The molecule has 0 spiro atoms. The van der Waals surface area contributed by atoms with Gasteiger partial charge in [0.05, 0.1) is 18.4 Å². The second kappa shape index (κ2) is 8.36. The van der Waals surface area contributed by atoms with E-state index in [0.29, 0.717) is 23.4 Å². The summed E-state index contributed by atoms with van der Waals surface area (Å²) < 4.78 is 0.905. The van der Waals surface area contributed by atoms with Gasteiger partial charge in [0.15, 0.2) is 0 Å². The van der Waals surface area contributed by atoms with Crippen LogP contribution in [-0.2, 0) is 16.1 Å². The molecule has 0 saturated carbocycles. The molecule has 0 radical (unpaired) electrons. The second-order valence-electron chi connectivity index (χ2n) is 7.69. The fourth-order valence-corrected chi connectivity index (χ4v) is 4.39. The third-order valence-electron chi connectivity index (χ3n) is 5.61. The fraction of sp³-hybridized carbons (Fsp3) is 0.261. The van der Waals surface area contributed by atoms with Crippen molar-refractivity contribution < 1.29 is 14.4 Å². The number of carbonyl (C=O) groups excluding carboxylic acids is 3. The molecule has 1 heterocycles. The second-order valence-corrected chi connectivity index (χ2v) is 9.04. The highest BCUT2D eigenvalue weighted by molar-refractivity contribution is 9.10. The first-order chi connectivity index (χ1) is 14.3. The largest absolute Gasteiger partial charge is 0.273 e.